The lowest BCUT2D eigenvalue weighted by Gasteiger charge is -2.23. The van der Waals surface area contributed by atoms with Gasteiger partial charge >= 0.3 is 0 Å². The zero-order valence-corrected chi connectivity index (χ0v) is 9.48. The number of nitriles is 1. The van der Waals surface area contributed by atoms with Crippen LogP contribution in [0.2, 0.25) is 0 Å². The zero-order valence-electron chi connectivity index (χ0n) is 9.48. The topological polar surface area (TPSA) is 52.0 Å². The number of nitrogens with zero attached hydrogens (tertiary/aromatic N) is 3. The van der Waals surface area contributed by atoms with Crippen molar-refractivity contribution in [2.75, 3.05) is 20.1 Å². The Kier molecular flexibility index (Phi) is 3.50. The van der Waals surface area contributed by atoms with Gasteiger partial charge in [-0.05, 0) is 37.7 Å². The molecule has 84 valence electrons. The highest BCUT2D eigenvalue weighted by Gasteiger charge is 2.18. The monoisotopic (exact) mass is 216 g/mol. The summed E-state index contributed by atoms with van der Waals surface area (Å²) >= 11 is 0. The molecular formula is C12H16N4. The number of aromatic nitrogens is 1. The molecule has 0 aliphatic carbocycles. The van der Waals surface area contributed by atoms with E-state index in [4.69, 9.17) is 5.26 Å². The normalized spacial score (nSPS) is 19.9. The summed E-state index contributed by atoms with van der Waals surface area (Å²) in [5, 5.41) is 12.1. The highest BCUT2D eigenvalue weighted by molar-refractivity contribution is 5.25. The van der Waals surface area contributed by atoms with Crippen molar-refractivity contribution in [1.82, 2.24) is 15.2 Å². The fraction of sp³-hybridized carbons (Fsp3) is 0.500. The molecule has 0 spiro atoms. The van der Waals surface area contributed by atoms with Gasteiger partial charge in [0.15, 0.2) is 0 Å². The quantitative estimate of drug-likeness (QED) is 0.810. The molecule has 0 saturated carbocycles. The van der Waals surface area contributed by atoms with Crippen LogP contribution in [0.5, 0.6) is 0 Å². The molecule has 4 heteroatoms. The van der Waals surface area contributed by atoms with Crippen LogP contribution >= 0.6 is 0 Å². The first-order valence-corrected chi connectivity index (χ1v) is 5.55. The van der Waals surface area contributed by atoms with Crippen molar-refractivity contribution < 1.29 is 0 Å². The summed E-state index contributed by atoms with van der Waals surface area (Å²) in [5.41, 5.74) is 1.65. The molecule has 0 aromatic carbocycles. The molecule has 0 radical (unpaired) electrons. The molecule has 0 amide bonds. The first kappa shape index (κ1) is 11.1. The van der Waals surface area contributed by atoms with Gasteiger partial charge in [0.2, 0.25) is 0 Å². The summed E-state index contributed by atoms with van der Waals surface area (Å²) in [5.74, 6) is 0. The second kappa shape index (κ2) is 5.06. The lowest BCUT2D eigenvalue weighted by molar-refractivity contribution is 0.249. The van der Waals surface area contributed by atoms with E-state index in [9.17, 15) is 0 Å². The van der Waals surface area contributed by atoms with Crippen LogP contribution in [0.4, 0.5) is 0 Å². The van der Waals surface area contributed by atoms with E-state index in [0.717, 1.165) is 25.2 Å². The Hall–Kier alpha value is -1.44. The lowest BCUT2D eigenvalue weighted by Crippen LogP contribution is -2.32. The Morgan fingerprint density at radius 3 is 3.25 bits per heavy atom. The molecule has 1 aliphatic heterocycles. The third-order valence-electron chi connectivity index (χ3n) is 3.03. The van der Waals surface area contributed by atoms with E-state index in [1.165, 1.54) is 6.42 Å². The van der Waals surface area contributed by atoms with E-state index in [0.29, 0.717) is 11.7 Å². The molecule has 1 unspecified atom stereocenters. The van der Waals surface area contributed by atoms with Crippen LogP contribution < -0.4 is 5.32 Å². The van der Waals surface area contributed by atoms with Crippen LogP contribution in [0, 0.1) is 11.3 Å². The van der Waals surface area contributed by atoms with Gasteiger partial charge in [-0.15, -0.1) is 0 Å². The molecule has 1 N–H and O–H groups in total. The van der Waals surface area contributed by atoms with Gasteiger partial charge in [0, 0.05) is 25.3 Å². The van der Waals surface area contributed by atoms with Gasteiger partial charge in [0.25, 0.3) is 0 Å². The number of hydrogen-bond donors (Lipinski definition) is 1. The fourth-order valence-electron chi connectivity index (χ4n) is 2.07. The lowest BCUT2D eigenvalue weighted by atomic mass is 10.2. The first-order chi connectivity index (χ1) is 7.79. The van der Waals surface area contributed by atoms with Crippen molar-refractivity contribution in [2.24, 2.45) is 0 Å². The molecule has 1 fully saturated rings. The molecule has 1 aromatic rings. The second-order valence-electron chi connectivity index (χ2n) is 4.22. The van der Waals surface area contributed by atoms with Crippen LogP contribution in [0.3, 0.4) is 0 Å². The summed E-state index contributed by atoms with van der Waals surface area (Å²) in [6, 6.07) is 6.51. The van der Waals surface area contributed by atoms with E-state index in [1.54, 1.807) is 6.20 Å². The number of likely N-dealkylation sites (N-methyl/N-ethyl adjacent to an activating group) is 1. The smallest absolute Gasteiger partial charge is 0.140 e. The molecule has 0 bridgehead atoms. The van der Waals surface area contributed by atoms with Crippen LogP contribution in [0.15, 0.2) is 18.3 Å². The van der Waals surface area contributed by atoms with Crippen LogP contribution in [-0.2, 0) is 6.54 Å². The number of pyridine rings is 1. The highest BCUT2D eigenvalue weighted by Crippen LogP contribution is 2.11. The second-order valence-corrected chi connectivity index (χ2v) is 4.22. The van der Waals surface area contributed by atoms with Crippen molar-refractivity contribution in [1.29, 1.82) is 5.26 Å². The van der Waals surface area contributed by atoms with Crippen molar-refractivity contribution in [3.05, 3.63) is 29.6 Å². The molecule has 1 atom stereocenters. The summed E-state index contributed by atoms with van der Waals surface area (Å²) in [4.78, 5) is 6.30. The Bertz CT molecular complexity index is 390. The van der Waals surface area contributed by atoms with Gasteiger partial charge < -0.3 is 5.32 Å². The third kappa shape index (κ3) is 2.57. The van der Waals surface area contributed by atoms with Crippen LogP contribution in [-0.4, -0.2) is 36.1 Å². The fourth-order valence-corrected chi connectivity index (χ4v) is 2.07. The zero-order chi connectivity index (χ0) is 11.4. The molecule has 4 nitrogen and oxygen atoms in total. The van der Waals surface area contributed by atoms with E-state index in [1.807, 2.05) is 12.1 Å². The Labute approximate surface area is 95.9 Å². The van der Waals surface area contributed by atoms with Crippen molar-refractivity contribution >= 4 is 0 Å². The maximum atomic E-state index is 8.77. The maximum absolute atomic E-state index is 8.77. The summed E-state index contributed by atoms with van der Waals surface area (Å²) in [6.45, 7) is 3.05. The summed E-state index contributed by atoms with van der Waals surface area (Å²) in [6.07, 6.45) is 2.90. The molecule has 1 aromatic heterocycles. The molecule has 1 aliphatic rings. The van der Waals surface area contributed by atoms with E-state index in [-0.39, 0.29) is 0 Å². The minimum atomic E-state index is 0.496. The number of hydrogen-bond acceptors (Lipinski definition) is 4. The highest BCUT2D eigenvalue weighted by atomic mass is 15.2. The Morgan fingerprint density at radius 1 is 1.69 bits per heavy atom. The summed E-state index contributed by atoms with van der Waals surface area (Å²) < 4.78 is 0. The average molecular weight is 216 g/mol. The molecular weight excluding hydrogens is 200 g/mol. The van der Waals surface area contributed by atoms with Crippen molar-refractivity contribution in [3.8, 4) is 6.07 Å². The number of rotatable bonds is 3. The van der Waals surface area contributed by atoms with Gasteiger partial charge in [0.05, 0.1) is 0 Å². The average Bonchev–Trinajstić information content (AvgIpc) is 2.83. The van der Waals surface area contributed by atoms with E-state index >= 15 is 0 Å². The van der Waals surface area contributed by atoms with Gasteiger partial charge in [0.1, 0.15) is 11.8 Å². The van der Waals surface area contributed by atoms with E-state index in [2.05, 4.69) is 28.3 Å². The maximum Gasteiger partial charge on any atom is 0.140 e. The third-order valence-corrected chi connectivity index (χ3v) is 3.03. The van der Waals surface area contributed by atoms with Crippen LogP contribution in [0.25, 0.3) is 0 Å². The van der Waals surface area contributed by atoms with Crippen molar-refractivity contribution in [3.63, 3.8) is 0 Å². The summed E-state index contributed by atoms with van der Waals surface area (Å²) in [7, 11) is 2.13. The standard InChI is InChI=1S/C12H16N4/c1-16(12-3-4-14-8-12)9-10-2-5-15-11(6-10)7-13/h2,5-6,12,14H,3-4,8-9H2,1H3. The van der Waals surface area contributed by atoms with Gasteiger partial charge in [-0.1, -0.05) is 0 Å². The predicted octanol–water partition coefficient (Wildman–Crippen LogP) is 0.747. The molecule has 2 rings (SSSR count). The van der Waals surface area contributed by atoms with Crippen LogP contribution in [0.1, 0.15) is 17.7 Å². The predicted molar refractivity (Wildman–Crippen MR) is 61.7 cm³/mol. The SMILES string of the molecule is CN(Cc1ccnc(C#N)c1)C1CCNC1. The minimum absolute atomic E-state index is 0.496. The largest absolute Gasteiger partial charge is 0.315 e. The van der Waals surface area contributed by atoms with Crippen molar-refractivity contribution in [2.45, 2.75) is 19.0 Å². The van der Waals surface area contributed by atoms with Gasteiger partial charge in [-0.2, -0.15) is 5.26 Å². The minimum Gasteiger partial charge on any atom is -0.315 e. The molecule has 1 saturated heterocycles. The Morgan fingerprint density at radius 2 is 2.56 bits per heavy atom. The first-order valence-electron chi connectivity index (χ1n) is 5.55. The van der Waals surface area contributed by atoms with E-state index < -0.39 is 0 Å². The molecule has 2 heterocycles. The number of nitrogens with one attached hydrogen (secondary N) is 1. The Balaban J connectivity index is 2.00. The van der Waals surface area contributed by atoms with Gasteiger partial charge in [-0.3, -0.25) is 4.90 Å². The van der Waals surface area contributed by atoms with Gasteiger partial charge in [-0.25, -0.2) is 4.98 Å². The molecule has 16 heavy (non-hydrogen) atoms.